The van der Waals surface area contributed by atoms with Gasteiger partial charge in [0.2, 0.25) is 0 Å². The predicted octanol–water partition coefficient (Wildman–Crippen LogP) is 2.98. The van der Waals surface area contributed by atoms with Gasteiger partial charge in [0.05, 0.1) is 5.70 Å². The quantitative estimate of drug-likeness (QED) is 0.711. The molecule has 3 aliphatic rings. The highest BCUT2D eigenvalue weighted by Crippen LogP contribution is 2.32. The van der Waals surface area contributed by atoms with Crippen LogP contribution >= 0.6 is 11.6 Å². The van der Waals surface area contributed by atoms with Gasteiger partial charge in [-0.25, -0.2) is 0 Å². The molecule has 0 aliphatic carbocycles. The van der Waals surface area contributed by atoms with Crippen molar-refractivity contribution >= 4 is 23.5 Å². The summed E-state index contributed by atoms with van der Waals surface area (Å²) in [5.41, 5.74) is 1.88. The van der Waals surface area contributed by atoms with Gasteiger partial charge in [0.1, 0.15) is 0 Å². The zero-order valence-corrected chi connectivity index (χ0v) is 10.3. The van der Waals surface area contributed by atoms with E-state index in [0.29, 0.717) is 10.8 Å². The average molecular weight is 248 g/mol. The molecule has 3 heteroatoms. The van der Waals surface area contributed by atoms with Gasteiger partial charge in [-0.1, -0.05) is 23.7 Å². The molecule has 0 spiro atoms. The maximum atomic E-state index is 12.1. The lowest BCUT2D eigenvalue weighted by Crippen LogP contribution is -2.45. The van der Waals surface area contributed by atoms with E-state index in [0.717, 1.165) is 37.2 Å². The summed E-state index contributed by atoms with van der Waals surface area (Å²) >= 11 is 5.95. The number of rotatable bonds is 1. The lowest BCUT2D eigenvalue weighted by molar-refractivity contribution is -0.125. The predicted molar refractivity (Wildman–Crippen MR) is 68.7 cm³/mol. The summed E-state index contributed by atoms with van der Waals surface area (Å²) < 4.78 is 0. The Morgan fingerprint density at radius 3 is 2.71 bits per heavy atom. The normalized spacial score (nSPS) is 22.5. The van der Waals surface area contributed by atoms with Crippen molar-refractivity contribution in [1.82, 2.24) is 4.90 Å². The minimum atomic E-state index is 0.255. The summed E-state index contributed by atoms with van der Waals surface area (Å²) in [7, 11) is 0. The van der Waals surface area contributed by atoms with E-state index in [2.05, 4.69) is 4.90 Å². The molecule has 2 bridgehead atoms. The second-order valence-corrected chi connectivity index (χ2v) is 5.15. The Morgan fingerprint density at radius 2 is 2.06 bits per heavy atom. The summed E-state index contributed by atoms with van der Waals surface area (Å²) in [5.74, 6) is 0.563. The fraction of sp³-hybridized carbons (Fsp3) is 0.357. The number of ketones is 1. The first kappa shape index (κ1) is 10.8. The van der Waals surface area contributed by atoms with Gasteiger partial charge in [-0.05, 0) is 36.6 Å². The Balaban J connectivity index is 1.95. The van der Waals surface area contributed by atoms with E-state index in [4.69, 9.17) is 11.6 Å². The van der Waals surface area contributed by atoms with Crippen LogP contribution in [0.3, 0.4) is 0 Å². The van der Waals surface area contributed by atoms with Gasteiger partial charge in [0.25, 0.3) is 0 Å². The van der Waals surface area contributed by atoms with Crippen LogP contribution in [-0.2, 0) is 4.79 Å². The Kier molecular flexibility index (Phi) is 2.67. The Morgan fingerprint density at radius 1 is 1.29 bits per heavy atom. The van der Waals surface area contributed by atoms with Crippen molar-refractivity contribution in [2.24, 2.45) is 5.92 Å². The van der Waals surface area contributed by atoms with Crippen LogP contribution in [0.4, 0.5) is 0 Å². The molecule has 3 saturated heterocycles. The molecule has 0 N–H and O–H groups in total. The number of carbonyl (C=O) groups is 1. The van der Waals surface area contributed by atoms with Gasteiger partial charge in [-0.3, -0.25) is 4.79 Å². The number of allylic oxidation sites excluding steroid dienone is 1. The molecule has 1 aromatic carbocycles. The van der Waals surface area contributed by atoms with Crippen LogP contribution in [0.25, 0.3) is 6.08 Å². The van der Waals surface area contributed by atoms with Gasteiger partial charge >= 0.3 is 0 Å². The Hall–Kier alpha value is -1.28. The first-order valence-electron chi connectivity index (χ1n) is 6.00. The minimum absolute atomic E-state index is 0.255. The van der Waals surface area contributed by atoms with Crippen molar-refractivity contribution in [1.29, 1.82) is 0 Å². The number of Topliss-reactive ketones (excluding diaryl/α,β-unsaturated/α-hetero) is 1. The fourth-order valence-corrected chi connectivity index (χ4v) is 2.86. The largest absolute Gasteiger partial charge is 0.369 e. The van der Waals surface area contributed by atoms with E-state index in [9.17, 15) is 4.79 Å². The topological polar surface area (TPSA) is 20.3 Å². The highest BCUT2D eigenvalue weighted by atomic mass is 35.5. The first-order chi connectivity index (χ1) is 8.24. The van der Waals surface area contributed by atoms with Gasteiger partial charge in [0, 0.05) is 24.0 Å². The molecular formula is C14H14ClNO. The number of benzene rings is 1. The monoisotopic (exact) mass is 247 g/mol. The fourth-order valence-electron chi connectivity index (χ4n) is 2.66. The molecule has 2 nitrogen and oxygen atoms in total. The molecule has 3 fully saturated rings. The molecule has 0 unspecified atom stereocenters. The van der Waals surface area contributed by atoms with Crippen LogP contribution < -0.4 is 0 Å². The summed E-state index contributed by atoms with van der Waals surface area (Å²) in [5, 5.41) is 0.711. The van der Waals surface area contributed by atoms with Crippen LogP contribution in [0.2, 0.25) is 5.02 Å². The molecule has 4 rings (SSSR count). The minimum Gasteiger partial charge on any atom is -0.369 e. The van der Waals surface area contributed by atoms with Crippen molar-refractivity contribution in [3.8, 4) is 0 Å². The number of carbonyl (C=O) groups excluding carboxylic acids is 1. The van der Waals surface area contributed by atoms with Crippen molar-refractivity contribution < 1.29 is 4.79 Å². The Labute approximate surface area is 106 Å². The lowest BCUT2D eigenvalue weighted by atomic mass is 9.84. The van der Waals surface area contributed by atoms with Crippen LogP contribution in [0.5, 0.6) is 0 Å². The maximum Gasteiger partial charge on any atom is 0.182 e. The zero-order chi connectivity index (χ0) is 11.8. The number of hydrogen-bond donors (Lipinski definition) is 0. The van der Waals surface area contributed by atoms with Crippen LogP contribution in [-0.4, -0.2) is 23.8 Å². The van der Waals surface area contributed by atoms with Crippen molar-refractivity contribution in [3.05, 3.63) is 40.5 Å². The smallest absolute Gasteiger partial charge is 0.182 e. The SMILES string of the molecule is O=C1/C(=C/c2cccc(Cl)c2)N2CCC1CC2. The number of nitrogens with zero attached hydrogens (tertiary/aromatic N) is 1. The number of halogens is 1. The third-order valence-corrected chi connectivity index (χ3v) is 3.85. The average Bonchev–Trinajstić information content (AvgIpc) is 2.34. The van der Waals surface area contributed by atoms with E-state index in [-0.39, 0.29) is 5.92 Å². The van der Waals surface area contributed by atoms with Crippen LogP contribution in [0.1, 0.15) is 18.4 Å². The third kappa shape index (κ3) is 1.98. The summed E-state index contributed by atoms with van der Waals surface area (Å²) in [6.45, 7) is 2.03. The van der Waals surface area contributed by atoms with Gasteiger partial charge < -0.3 is 4.90 Å². The van der Waals surface area contributed by atoms with Gasteiger partial charge in [0.15, 0.2) is 5.78 Å². The molecule has 0 saturated carbocycles. The Bertz CT molecular complexity index is 487. The van der Waals surface area contributed by atoms with E-state index >= 15 is 0 Å². The van der Waals surface area contributed by atoms with E-state index < -0.39 is 0 Å². The molecule has 0 aromatic heterocycles. The molecule has 3 heterocycles. The second-order valence-electron chi connectivity index (χ2n) is 4.71. The number of fused-ring (bicyclic) bond motifs is 3. The number of piperidine rings is 3. The van der Waals surface area contributed by atoms with Gasteiger partial charge in [-0.2, -0.15) is 0 Å². The molecule has 88 valence electrons. The standard InChI is InChI=1S/C14H14ClNO/c15-12-3-1-2-10(8-12)9-13-14(17)11-4-6-16(13)7-5-11/h1-3,8-9,11H,4-7H2/b13-9-. The molecule has 0 radical (unpaired) electrons. The summed E-state index contributed by atoms with van der Waals surface area (Å²) in [6, 6.07) is 7.63. The molecule has 1 aromatic rings. The van der Waals surface area contributed by atoms with Crippen LogP contribution in [0.15, 0.2) is 30.0 Å². The summed E-state index contributed by atoms with van der Waals surface area (Å²) in [4.78, 5) is 14.3. The number of hydrogen-bond acceptors (Lipinski definition) is 2. The van der Waals surface area contributed by atoms with Crippen molar-refractivity contribution in [2.45, 2.75) is 12.8 Å². The third-order valence-electron chi connectivity index (χ3n) is 3.61. The molecule has 3 aliphatic heterocycles. The zero-order valence-electron chi connectivity index (χ0n) is 9.53. The van der Waals surface area contributed by atoms with E-state index in [1.807, 2.05) is 30.3 Å². The molecular weight excluding hydrogens is 234 g/mol. The van der Waals surface area contributed by atoms with Crippen molar-refractivity contribution in [3.63, 3.8) is 0 Å². The molecule has 0 atom stereocenters. The second kappa shape index (κ2) is 4.19. The highest BCUT2D eigenvalue weighted by molar-refractivity contribution is 6.30. The van der Waals surface area contributed by atoms with Crippen LogP contribution in [0, 0.1) is 5.92 Å². The summed E-state index contributed by atoms with van der Waals surface area (Å²) in [6.07, 6.45) is 4.01. The van der Waals surface area contributed by atoms with Crippen molar-refractivity contribution in [2.75, 3.05) is 13.1 Å². The first-order valence-corrected chi connectivity index (χ1v) is 6.38. The highest BCUT2D eigenvalue weighted by Gasteiger charge is 2.36. The maximum absolute atomic E-state index is 12.1. The molecule has 17 heavy (non-hydrogen) atoms. The lowest BCUT2D eigenvalue weighted by Gasteiger charge is -2.41. The van der Waals surface area contributed by atoms with E-state index in [1.54, 1.807) is 0 Å². The molecule has 0 amide bonds. The van der Waals surface area contributed by atoms with Gasteiger partial charge in [-0.15, -0.1) is 0 Å². The van der Waals surface area contributed by atoms with E-state index in [1.165, 1.54) is 0 Å².